The summed E-state index contributed by atoms with van der Waals surface area (Å²) < 4.78 is 23.4. The van der Waals surface area contributed by atoms with Gasteiger partial charge >= 0.3 is 0 Å². The molecule has 0 aliphatic carbocycles. The van der Waals surface area contributed by atoms with Gasteiger partial charge in [0.15, 0.2) is 15.7 Å². The van der Waals surface area contributed by atoms with Crippen LogP contribution in [0.1, 0.15) is 6.42 Å². The maximum atomic E-state index is 11.7. The number of benzene rings is 1. The molecular formula is C16H15N3O2S2. The molecule has 0 radical (unpaired) electrons. The zero-order valence-corrected chi connectivity index (χ0v) is 13.9. The molecule has 7 heteroatoms. The lowest BCUT2D eigenvalue weighted by Crippen LogP contribution is -2.21. The summed E-state index contributed by atoms with van der Waals surface area (Å²) in [5.41, 5.74) is 0.856. The molecule has 3 aromatic rings. The summed E-state index contributed by atoms with van der Waals surface area (Å²) in [5, 5.41) is 6.22. The lowest BCUT2D eigenvalue weighted by atomic mass is 10.2. The predicted molar refractivity (Wildman–Crippen MR) is 93.5 cm³/mol. The molecule has 1 saturated heterocycles. The van der Waals surface area contributed by atoms with Crippen LogP contribution in [0.3, 0.4) is 0 Å². The van der Waals surface area contributed by atoms with Crippen molar-refractivity contribution in [1.29, 1.82) is 0 Å². The molecule has 0 spiro atoms. The van der Waals surface area contributed by atoms with Crippen LogP contribution in [-0.2, 0) is 9.84 Å². The Balaban J connectivity index is 1.78. The summed E-state index contributed by atoms with van der Waals surface area (Å²) in [6.45, 7) is 0. The minimum Gasteiger partial charge on any atom is -0.366 e. The van der Waals surface area contributed by atoms with Crippen molar-refractivity contribution in [3.05, 3.63) is 41.8 Å². The SMILES string of the molecule is O=S1(=O)CCC(Nc2nc(-c3cccs3)nc3ccccc23)C1. The van der Waals surface area contributed by atoms with Gasteiger partial charge in [-0.2, -0.15) is 0 Å². The summed E-state index contributed by atoms with van der Waals surface area (Å²) in [4.78, 5) is 10.3. The number of sulfone groups is 1. The first-order valence-electron chi connectivity index (χ1n) is 7.38. The number of hydrogen-bond acceptors (Lipinski definition) is 6. The number of thiophene rings is 1. The first-order valence-corrected chi connectivity index (χ1v) is 10.1. The van der Waals surface area contributed by atoms with Gasteiger partial charge in [-0.25, -0.2) is 18.4 Å². The van der Waals surface area contributed by atoms with Crippen molar-refractivity contribution in [2.24, 2.45) is 0 Å². The molecule has 1 unspecified atom stereocenters. The van der Waals surface area contributed by atoms with Crippen LogP contribution in [0.2, 0.25) is 0 Å². The van der Waals surface area contributed by atoms with Crippen LogP contribution in [0.5, 0.6) is 0 Å². The molecule has 3 heterocycles. The first-order chi connectivity index (χ1) is 11.1. The fourth-order valence-corrected chi connectivity index (χ4v) is 5.14. The van der Waals surface area contributed by atoms with Gasteiger partial charge in [0.1, 0.15) is 5.82 Å². The Kier molecular flexibility index (Phi) is 3.54. The van der Waals surface area contributed by atoms with Gasteiger partial charge in [-0.3, -0.25) is 0 Å². The third-order valence-corrected chi connectivity index (χ3v) is 6.55. The molecule has 1 aliphatic heterocycles. The summed E-state index contributed by atoms with van der Waals surface area (Å²) in [5.74, 6) is 1.79. The van der Waals surface area contributed by atoms with Crippen molar-refractivity contribution in [3.8, 4) is 10.7 Å². The normalized spacial score (nSPS) is 19.9. The Morgan fingerprint density at radius 2 is 2.00 bits per heavy atom. The van der Waals surface area contributed by atoms with Crippen LogP contribution in [-0.4, -0.2) is 35.9 Å². The summed E-state index contributed by atoms with van der Waals surface area (Å²) >= 11 is 1.59. The predicted octanol–water partition coefficient (Wildman–Crippen LogP) is 2.96. The maximum absolute atomic E-state index is 11.7. The molecular weight excluding hydrogens is 330 g/mol. The molecule has 0 saturated carbocycles. The fourth-order valence-electron chi connectivity index (χ4n) is 2.80. The van der Waals surface area contributed by atoms with Crippen molar-refractivity contribution < 1.29 is 8.42 Å². The molecule has 23 heavy (non-hydrogen) atoms. The Morgan fingerprint density at radius 1 is 1.13 bits per heavy atom. The van der Waals surface area contributed by atoms with Crippen LogP contribution in [0.15, 0.2) is 41.8 Å². The highest BCUT2D eigenvalue weighted by atomic mass is 32.2. The van der Waals surface area contributed by atoms with E-state index in [4.69, 9.17) is 0 Å². The van der Waals surface area contributed by atoms with Crippen LogP contribution >= 0.6 is 11.3 Å². The molecule has 1 N–H and O–H groups in total. The first kappa shape index (κ1) is 14.6. The van der Waals surface area contributed by atoms with Gasteiger partial charge in [-0.1, -0.05) is 18.2 Å². The zero-order valence-electron chi connectivity index (χ0n) is 12.3. The second kappa shape index (κ2) is 5.58. The average Bonchev–Trinajstić information content (AvgIpc) is 3.17. The topological polar surface area (TPSA) is 72.0 Å². The van der Waals surface area contributed by atoms with Crippen molar-refractivity contribution in [1.82, 2.24) is 9.97 Å². The molecule has 5 nitrogen and oxygen atoms in total. The number of nitrogens with zero attached hydrogens (tertiary/aromatic N) is 2. The molecule has 1 aromatic carbocycles. The van der Waals surface area contributed by atoms with Crippen LogP contribution in [0.25, 0.3) is 21.6 Å². The highest BCUT2D eigenvalue weighted by Crippen LogP contribution is 2.28. The molecule has 2 aromatic heterocycles. The second-order valence-corrected chi connectivity index (χ2v) is 8.81. The van der Waals surface area contributed by atoms with Gasteiger partial charge in [0.05, 0.1) is 21.9 Å². The number of fused-ring (bicyclic) bond motifs is 1. The molecule has 1 atom stereocenters. The maximum Gasteiger partial charge on any atom is 0.172 e. The third-order valence-electron chi connectivity index (χ3n) is 3.92. The minimum atomic E-state index is -2.93. The van der Waals surface area contributed by atoms with E-state index < -0.39 is 9.84 Å². The van der Waals surface area contributed by atoms with Gasteiger partial charge < -0.3 is 5.32 Å². The van der Waals surface area contributed by atoms with E-state index in [0.29, 0.717) is 18.1 Å². The van der Waals surface area contributed by atoms with Gasteiger partial charge in [-0.05, 0) is 30.0 Å². The average molecular weight is 345 g/mol. The number of anilines is 1. The van der Waals surface area contributed by atoms with Crippen molar-refractivity contribution in [2.45, 2.75) is 12.5 Å². The summed E-state index contributed by atoms with van der Waals surface area (Å²) in [6, 6.07) is 11.6. The van der Waals surface area contributed by atoms with E-state index in [1.54, 1.807) is 11.3 Å². The van der Waals surface area contributed by atoms with E-state index in [1.165, 1.54) is 0 Å². The van der Waals surface area contributed by atoms with Crippen LogP contribution in [0.4, 0.5) is 5.82 Å². The van der Waals surface area contributed by atoms with Crippen molar-refractivity contribution in [3.63, 3.8) is 0 Å². The highest BCUT2D eigenvalue weighted by molar-refractivity contribution is 7.91. The monoisotopic (exact) mass is 345 g/mol. The van der Waals surface area contributed by atoms with Gasteiger partial charge in [0, 0.05) is 11.4 Å². The van der Waals surface area contributed by atoms with Gasteiger partial charge in [-0.15, -0.1) is 11.3 Å². The quantitative estimate of drug-likeness (QED) is 0.790. The van der Waals surface area contributed by atoms with E-state index >= 15 is 0 Å². The van der Waals surface area contributed by atoms with E-state index in [0.717, 1.165) is 15.8 Å². The van der Waals surface area contributed by atoms with E-state index in [9.17, 15) is 8.42 Å². The Morgan fingerprint density at radius 3 is 2.74 bits per heavy atom. The van der Waals surface area contributed by atoms with Crippen molar-refractivity contribution >= 4 is 37.9 Å². The molecule has 0 bridgehead atoms. The number of para-hydroxylation sites is 1. The van der Waals surface area contributed by atoms with E-state index in [2.05, 4.69) is 15.3 Å². The van der Waals surface area contributed by atoms with Gasteiger partial charge in [0.2, 0.25) is 0 Å². The molecule has 118 valence electrons. The lowest BCUT2D eigenvalue weighted by Gasteiger charge is -2.14. The Labute approximate surface area is 138 Å². The zero-order chi connectivity index (χ0) is 15.9. The van der Waals surface area contributed by atoms with Crippen molar-refractivity contribution in [2.75, 3.05) is 16.8 Å². The van der Waals surface area contributed by atoms with E-state index in [-0.39, 0.29) is 17.5 Å². The number of hydrogen-bond donors (Lipinski definition) is 1. The summed E-state index contributed by atoms with van der Waals surface area (Å²) in [6.07, 6.45) is 0.620. The smallest absolute Gasteiger partial charge is 0.172 e. The van der Waals surface area contributed by atoms with Crippen LogP contribution < -0.4 is 5.32 Å². The molecule has 1 fully saturated rings. The third kappa shape index (κ3) is 2.94. The Bertz CT molecular complexity index is 953. The van der Waals surface area contributed by atoms with E-state index in [1.807, 2.05) is 41.8 Å². The highest BCUT2D eigenvalue weighted by Gasteiger charge is 2.28. The number of nitrogens with one attached hydrogen (secondary N) is 1. The number of aromatic nitrogens is 2. The Hall–Kier alpha value is -1.99. The molecule has 0 amide bonds. The van der Waals surface area contributed by atoms with Crippen LogP contribution in [0, 0.1) is 0 Å². The standard InChI is InChI=1S/C16H15N3O2S2/c20-23(21)9-7-11(10-23)17-15-12-4-1-2-5-13(12)18-16(19-15)14-6-3-8-22-14/h1-6,8,11H,7,9-10H2,(H,17,18,19). The minimum absolute atomic E-state index is 0.0884. The number of rotatable bonds is 3. The second-order valence-electron chi connectivity index (χ2n) is 5.63. The molecule has 4 rings (SSSR count). The fraction of sp³-hybridized carbons (Fsp3) is 0.250. The largest absolute Gasteiger partial charge is 0.366 e. The molecule has 1 aliphatic rings. The lowest BCUT2D eigenvalue weighted by molar-refractivity contribution is 0.602. The van der Waals surface area contributed by atoms with Gasteiger partial charge in [0.25, 0.3) is 0 Å². The summed E-state index contributed by atoms with van der Waals surface area (Å²) in [7, 11) is -2.93.